The Balaban J connectivity index is 1.60. The van der Waals surface area contributed by atoms with Gasteiger partial charge in [-0.1, -0.05) is 51.2 Å². The lowest BCUT2D eigenvalue weighted by Crippen LogP contribution is -1.97. The Kier molecular flexibility index (Phi) is 5.53. The number of ether oxygens (including phenoxy) is 2. The lowest BCUT2D eigenvalue weighted by atomic mass is 10.0. The number of hydrogen-bond donors (Lipinski definition) is 0. The molecule has 1 atom stereocenters. The maximum Gasteiger partial charge on any atom is 0.223 e. The van der Waals surface area contributed by atoms with Gasteiger partial charge in [0.1, 0.15) is 12.4 Å². The Morgan fingerprint density at radius 1 is 1.06 bits per heavy atom. The highest BCUT2D eigenvalue weighted by Crippen LogP contribution is 2.20. The van der Waals surface area contributed by atoms with Crippen LogP contribution in [0.2, 0.25) is 0 Å². The van der Waals surface area contributed by atoms with E-state index in [0.29, 0.717) is 0 Å². The van der Waals surface area contributed by atoms with E-state index in [2.05, 4.69) is 19.1 Å². The van der Waals surface area contributed by atoms with Gasteiger partial charge in [-0.3, -0.25) is 0 Å². The number of hydrogen-bond acceptors (Lipinski definition) is 2. The van der Waals surface area contributed by atoms with Crippen molar-refractivity contribution >= 4 is 0 Å². The molecule has 1 aliphatic heterocycles. The fourth-order valence-electron chi connectivity index (χ4n) is 2.10. The number of epoxide rings is 1. The zero-order valence-corrected chi connectivity index (χ0v) is 11.4. The monoisotopic (exact) mass is 248 g/mol. The Morgan fingerprint density at radius 2 is 1.72 bits per heavy atom. The van der Waals surface area contributed by atoms with Crippen LogP contribution >= 0.6 is 0 Å². The molecular weight excluding hydrogens is 224 g/mol. The lowest BCUT2D eigenvalue weighted by Gasteiger charge is -2.05. The first-order valence-electron chi connectivity index (χ1n) is 7.25. The standard InChI is InChI=1S/C16H24O2/c1-2-3-4-5-6-7-8-14-9-11-15(12-10-14)18-16-13-17-16/h9-12,16H,2-8,13H2,1H3. The minimum atomic E-state index is 0.00872. The van der Waals surface area contributed by atoms with Crippen LogP contribution < -0.4 is 4.74 Å². The molecule has 0 aromatic heterocycles. The Labute approximate surface area is 110 Å². The van der Waals surface area contributed by atoms with Crippen LogP contribution in [0.3, 0.4) is 0 Å². The van der Waals surface area contributed by atoms with E-state index in [-0.39, 0.29) is 6.29 Å². The summed E-state index contributed by atoms with van der Waals surface area (Å²) in [5.74, 6) is 0.921. The molecule has 0 saturated carbocycles. The maximum atomic E-state index is 5.53. The maximum absolute atomic E-state index is 5.53. The van der Waals surface area contributed by atoms with Crippen molar-refractivity contribution in [3.63, 3.8) is 0 Å². The highest BCUT2D eigenvalue weighted by atomic mass is 16.8. The molecule has 0 amide bonds. The van der Waals surface area contributed by atoms with Crippen LogP contribution in [0.25, 0.3) is 0 Å². The first-order chi connectivity index (χ1) is 8.88. The third-order valence-electron chi connectivity index (χ3n) is 3.31. The van der Waals surface area contributed by atoms with Crippen molar-refractivity contribution in [3.8, 4) is 5.75 Å². The van der Waals surface area contributed by atoms with E-state index in [9.17, 15) is 0 Å². The number of rotatable bonds is 9. The molecule has 100 valence electrons. The van der Waals surface area contributed by atoms with Gasteiger partial charge in [0, 0.05) is 0 Å². The summed E-state index contributed by atoms with van der Waals surface area (Å²) in [6.45, 7) is 3.00. The summed E-state index contributed by atoms with van der Waals surface area (Å²) < 4.78 is 10.6. The van der Waals surface area contributed by atoms with Gasteiger partial charge in [0.05, 0.1) is 0 Å². The van der Waals surface area contributed by atoms with Crippen molar-refractivity contribution in [1.82, 2.24) is 0 Å². The van der Waals surface area contributed by atoms with Gasteiger partial charge >= 0.3 is 0 Å². The molecule has 2 heteroatoms. The van der Waals surface area contributed by atoms with E-state index >= 15 is 0 Å². The van der Waals surface area contributed by atoms with E-state index < -0.39 is 0 Å². The molecule has 2 nitrogen and oxygen atoms in total. The van der Waals surface area contributed by atoms with Crippen LogP contribution in [0, 0.1) is 0 Å². The third-order valence-corrected chi connectivity index (χ3v) is 3.31. The second-order valence-electron chi connectivity index (χ2n) is 5.04. The summed E-state index contributed by atoms with van der Waals surface area (Å²) in [6, 6.07) is 8.44. The van der Waals surface area contributed by atoms with Gasteiger partial charge in [0.2, 0.25) is 6.29 Å². The van der Waals surface area contributed by atoms with Crippen molar-refractivity contribution in [2.45, 2.75) is 58.2 Å². The first kappa shape index (κ1) is 13.4. The molecule has 18 heavy (non-hydrogen) atoms. The Bertz CT molecular complexity index is 327. The van der Waals surface area contributed by atoms with Crippen molar-refractivity contribution in [3.05, 3.63) is 29.8 Å². The zero-order chi connectivity index (χ0) is 12.6. The average molecular weight is 248 g/mol. The van der Waals surface area contributed by atoms with Crippen LogP contribution in [-0.4, -0.2) is 12.9 Å². The predicted octanol–water partition coefficient (Wildman–Crippen LogP) is 4.32. The summed E-state index contributed by atoms with van der Waals surface area (Å²) in [6.07, 6.45) is 9.34. The van der Waals surface area contributed by atoms with Gasteiger partial charge in [-0.05, 0) is 30.5 Å². The SMILES string of the molecule is CCCCCCCCc1ccc(OC2CO2)cc1. The van der Waals surface area contributed by atoms with Crippen LogP contribution in [-0.2, 0) is 11.2 Å². The summed E-state index contributed by atoms with van der Waals surface area (Å²) in [5.41, 5.74) is 1.41. The van der Waals surface area contributed by atoms with Gasteiger partial charge < -0.3 is 9.47 Å². The molecule has 1 fully saturated rings. The fraction of sp³-hybridized carbons (Fsp3) is 0.625. The van der Waals surface area contributed by atoms with Crippen LogP contribution in [0.4, 0.5) is 0 Å². The van der Waals surface area contributed by atoms with Gasteiger partial charge in [-0.25, -0.2) is 0 Å². The number of benzene rings is 1. The van der Waals surface area contributed by atoms with Crippen molar-refractivity contribution in [1.29, 1.82) is 0 Å². The molecule has 1 aliphatic rings. The van der Waals surface area contributed by atoms with Gasteiger partial charge in [-0.15, -0.1) is 0 Å². The molecule has 1 aromatic carbocycles. The Morgan fingerprint density at radius 3 is 2.39 bits per heavy atom. The van der Waals surface area contributed by atoms with E-state index in [0.717, 1.165) is 12.4 Å². The molecule has 1 heterocycles. The highest BCUT2D eigenvalue weighted by Gasteiger charge is 2.24. The van der Waals surface area contributed by atoms with E-state index in [1.807, 2.05) is 12.1 Å². The third kappa shape index (κ3) is 5.09. The quantitative estimate of drug-likeness (QED) is 0.479. The largest absolute Gasteiger partial charge is 0.462 e. The van der Waals surface area contributed by atoms with Crippen LogP contribution in [0.1, 0.15) is 51.0 Å². The fourth-order valence-corrected chi connectivity index (χ4v) is 2.10. The van der Waals surface area contributed by atoms with E-state index in [4.69, 9.17) is 9.47 Å². The zero-order valence-electron chi connectivity index (χ0n) is 11.4. The molecule has 0 N–H and O–H groups in total. The highest BCUT2D eigenvalue weighted by molar-refractivity contribution is 5.27. The second kappa shape index (κ2) is 7.42. The van der Waals surface area contributed by atoms with Crippen LogP contribution in [0.5, 0.6) is 5.75 Å². The van der Waals surface area contributed by atoms with Crippen molar-refractivity contribution < 1.29 is 9.47 Å². The minimum Gasteiger partial charge on any atom is -0.462 e. The topological polar surface area (TPSA) is 21.8 Å². The molecule has 1 aromatic rings. The van der Waals surface area contributed by atoms with Gasteiger partial charge in [-0.2, -0.15) is 0 Å². The smallest absolute Gasteiger partial charge is 0.223 e. The van der Waals surface area contributed by atoms with Gasteiger partial charge in [0.25, 0.3) is 0 Å². The van der Waals surface area contributed by atoms with Crippen molar-refractivity contribution in [2.75, 3.05) is 6.61 Å². The summed E-state index contributed by atoms with van der Waals surface area (Å²) >= 11 is 0. The second-order valence-corrected chi connectivity index (χ2v) is 5.04. The van der Waals surface area contributed by atoms with Gasteiger partial charge in [0.15, 0.2) is 0 Å². The summed E-state index contributed by atoms with van der Waals surface area (Å²) in [4.78, 5) is 0. The molecule has 0 aliphatic carbocycles. The molecule has 1 unspecified atom stereocenters. The normalized spacial score (nSPS) is 17.7. The average Bonchev–Trinajstić information content (AvgIpc) is 3.20. The predicted molar refractivity (Wildman–Crippen MR) is 73.9 cm³/mol. The molecular formula is C16H24O2. The van der Waals surface area contributed by atoms with Crippen molar-refractivity contribution in [2.24, 2.45) is 0 Å². The van der Waals surface area contributed by atoms with E-state index in [1.54, 1.807) is 0 Å². The molecule has 2 rings (SSSR count). The summed E-state index contributed by atoms with van der Waals surface area (Å²) in [7, 11) is 0. The minimum absolute atomic E-state index is 0.00872. The number of aryl methyl sites for hydroxylation is 1. The first-order valence-corrected chi connectivity index (χ1v) is 7.25. The molecule has 0 radical (unpaired) electrons. The Hall–Kier alpha value is -1.02. The molecule has 0 spiro atoms. The molecule has 1 saturated heterocycles. The van der Waals surface area contributed by atoms with Crippen LogP contribution in [0.15, 0.2) is 24.3 Å². The number of unbranched alkanes of at least 4 members (excludes halogenated alkanes) is 5. The lowest BCUT2D eigenvalue weighted by molar-refractivity contribution is 0.179. The molecule has 0 bridgehead atoms. The van der Waals surface area contributed by atoms with E-state index in [1.165, 1.54) is 50.5 Å². The summed E-state index contributed by atoms with van der Waals surface area (Å²) in [5, 5.41) is 0.